The maximum absolute atomic E-state index is 12.2. The van der Waals surface area contributed by atoms with Crippen molar-refractivity contribution in [3.05, 3.63) is 28.8 Å². The first-order valence-electron chi connectivity index (χ1n) is 7.45. The lowest BCUT2D eigenvalue weighted by Crippen LogP contribution is -2.51. The fourth-order valence-corrected chi connectivity index (χ4v) is 3.19. The van der Waals surface area contributed by atoms with E-state index in [2.05, 4.69) is 17.9 Å². The van der Waals surface area contributed by atoms with Crippen LogP contribution >= 0.6 is 11.6 Å². The van der Waals surface area contributed by atoms with Gasteiger partial charge in [0.15, 0.2) is 0 Å². The summed E-state index contributed by atoms with van der Waals surface area (Å²) in [6.07, 6.45) is 3.40. The van der Waals surface area contributed by atoms with Crippen molar-refractivity contribution in [3.8, 4) is 0 Å². The molecule has 1 aliphatic carbocycles. The molecule has 3 rings (SSSR count). The summed E-state index contributed by atoms with van der Waals surface area (Å²) in [6, 6.07) is 6.04. The van der Waals surface area contributed by atoms with Gasteiger partial charge in [-0.25, -0.2) is 0 Å². The molecule has 2 fully saturated rings. The molecule has 4 heteroatoms. The van der Waals surface area contributed by atoms with Crippen LogP contribution in [0.3, 0.4) is 0 Å². The first-order valence-corrected chi connectivity index (χ1v) is 7.83. The van der Waals surface area contributed by atoms with Gasteiger partial charge in [-0.3, -0.25) is 4.79 Å². The molecule has 0 bridgehead atoms. The van der Waals surface area contributed by atoms with Gasteiger partial charge in [0.2, 0.25) is 5.91 Å². The average Bonchev–Trinajstić information content (AvgIpc) is 2.40. The van der Waals surface area contributed by atoms with E-state index in [0.29, 0.717) is 11.8 Å². The number of anilines is 1. The Bertz CT molecular complexity index is 505. The Kier molecular flexibility index (Phi) is 3.88. The van der Waals surface area contributed by atoms with Crippen molar-refractivity contribution in [2.45, 2.75) is 26.2 Å². The molecule has 3 nitrogen and oxygen atoms in total. The third kappa shape index (κ3) is 2.51. The molecule has 0 atom stereocenters. The largest absolute Gasteiger partial charge is 0.368 e. The minimum absolute atomic E-state index is 0.314. The highest BCUT2D eigenvalue weighted by Gasteiger charge is 2.31. The molecular weight excluding hydrogens is 272 g/mol. The van der Waals surface area contributed by atoms with Gasteiger partial charge in [0.25, 0.3) is 0 Å². The lowest BCUT2D eigenvalue weighted by molar-refractivity contribution is -0.138. The number of carbonyl (C=O) groups is 1. The Balaban J connectivity index is 1.63. The van der Waals surface area contributed by atoms with Crippen molar-refractivity contribution in [1.82, 2.24) is 4.90 Å². The van der Waals surface area contributed by atoms with Gasteiger partial charge in [0.05, 0.1) is 0 Å². The number of hydrogen-bond donors (Lipinski definition) is 0. The summed E-state index contributed by atoms with van der Waals surface area (Å²) in [6.45, 7) is 5.53. The van der Waals surface area contributed by atoms with Crippen LogP contribution in [0.1, 0.15) is 24.8 Å². The summed E-state index contributed by atoms with van der Waals surface area (Å²) >= 11 is 6.19. The average molecular weight is 293 g/mol. The van der Waals surface area contributed by atoms with Gasteiger partial charge < -0.3 is 9.80 Å². The van der Waals surface area contributed by atoms with Gasteiger partial charge in [-0.15, -0.1) is 0 Å². The monoisotopic (exact) mass is 292 g/mol. The van der Waals surface area contributed by atoms with Gasteiger partial charge in [-0.2, -0.15) is 0 Å². The number of benzene rings is 1. The second-order valence-electron chi connectivity index (χ2n) is 5.82. The van der Waals surface area contributed by atoms with Crippen LogP contribution in [-0.2, 0) is 4.79 Å². The number of rotatable bonds is 2. The lowest BCUT2D eigenvalue weighted by Gasteiger charge is -2.39. The zero-order chi connectivity index (χ0) is 14.1. The predicted molar refractivity (Wildman–Crippen MR) is 82.3 cm³/mol. The zero-order valence-corrected chi connectivity index (χ0v) is 12.7. The maximum atomic E-state index is 12.2. The molecule has 1 saturated heterocycles. The number of hydrogen-bond acceptors (Lipinski definition) is 2. The molecule has 1 aromatic carbocycles. The Morgan fingerprint density at radius 1 is 1.20 bits per heavy atom. The Morgan fingerprint density at radius 3 is 2.50 bits per heavy atom. The molecule has 0 N–H and O–H groups in total. The first-order chi connectivity index (χ1) is 9.66. The van der Waals surface area contributed by atoms with Crippen molar-refractivity contribution < 1.29 is 4.79 Å². The molecule has 20 heavy (non-hydrogen) atoms. The molecule has 1 aromatic rings. The maximum Gasteiger partial charge on any atom is 0.225 e. The van der Waals surface area contributed by atoms with Crippen molar-refractivity contribution in [3.63, 3.8) is 0 Å². The van der Waals surface area contributed by atoms with Gasteiger partial charge in [0, 0.05) is 42.8 Å². The van der Waals surface area contributed by atoms with E-state index >= 15 is 0 Å². The van der Waals surface area contributed by atoms with E-state index in [0.717, 1.165) is 49.6 Å². The predicted octanol–water partition coefficient (Wildman–Crippen LogP) is 3.10. The molecule has 1 heterocycles. The standard InChI is InChI=1S/C16H21ClN2O/c1-12-14(17)6-3-7-15(12)18-8-10-19(11-9-18)16(20)13-4-2-5-13/h3,6-7,13H,2,4-5,8-11H2,1H3. The molecule has 108 valence electrons. The molecule has 0 aromatic heterocycles. The molecule has 1 aliphatic heterocycles. The van der Waals surface area contributed by atoms with Crippen LogP contribution in [0.2, 0.25) is 5.02 Å². The molecule has 0 radical (unpaired) electrons. The van der Waals surface area contributed by atoms with Gasteiger partial charge in [-0.1, -0.05) is 24.1 Å². The van der Waals surface area contributed by atoms with Gasteiger partial charge in [0.1, 0.15) is 0 Å². The van der Waals surface area contributed by atoms with Crippen LogP contribution in [-0.4, -0.2) is 37.0 Å². The second-order valence-corrected chi connectivity index (χ2v) is 6.23. The summed E-state index contributed by atoms with van der Waals surface area (Å²) in [7, 11) is 0. The van der Waals surface area contributed by atoms with E-state index in [-0.39, 0.29) is 0 Å². The molecule has 0 unspecified atom stereocenters. The first kappa shape index (κ1) is 13.7. The van der Waals surface area contributed by atoms with Crippen molar-refractivity contribution in [2.24, 2.45) is 5.92 Å². The van der Waals surface area contributed by atoms with Crippen LogP contribution < -0.4 is 4.90 Å². The minimum Gasteiger partial charge on any atom is -0.368 e. The fourth-order valence-electron chi connectivity index (χ4n) is 3.02. The van der Waals surface area contributed by atoms with Crippen molar-refractivity contribution in [2.75, 3.05) is 31.1 Å². The smallest absolute Gasteiger partial charge is 0.225 e. The number of carbonyl (C=O) groups excluding carboxylic acids is 1. The van der Waals surface area contributed by atoms with Gasteiger partial charge in [-0.05, 0) is 37.5 Å². The summed E-state index contributed by atoms with van der Waals surface area (Å²) in [5, 5.41) is 0.815. The molecule has 1 amide bonds. The molecular formula is C16H21ClN2O. The Hall–Kier alpha value is -1.22. The van der Waals surface area contributed by atoms with Crippen LogP contribution in [0.4, 0.5) is 5.69 Å². The third-order valence-electron chi connectivity index (χ3n) is 4.63. The quantitative estimate of drug-likeness (QED) is 0.836. The van der Waals surface area contributed by atoms with Crippen LogP contribution in [0.5, 0.6) is 0 Å². The third-order valence-corrected chi connectivity index (χ3v) is 5.04. The second kappa shape index (κ2) is 5.65. The molecule has 1 saturated carbocycles. The summed E-state index contributed by atoms with van der Waals surface area (Å²) < 4.78 is 0. The van der Waals surface area contributed by atoms with Crippen LogP contribution in [0.15, 0.2) is 18.2 Å². The minimum atomic E-state index is 0.314. The highest BCUT2D eigenvalue weighted by molar-refractivity contribution is 6.31. The summed E-state index contributed by atoms with van der Waals surface area (Å²) in [5.74, 6) is 0.688. The van der Waals surface area contributed by atoms with E-state index in [1.165, 1.54) is 12.1 Å². The van der Waals surface area contributed by atoms with Crippen molar-refractivity contribution >= 4 is 23.2 Å². The highest BCUT2D eigenvalue weighted by Crippen LogP contribution is 2.30. The molecule has 0 spiro atoms. The topological polar surface area (TPSA) is 23.6 Å². The Morgan fingerprint density at radius 2 is 1.90 bits per heavy atom. The summed E-state index contributed by atoms with van der Waals surface area (Å²) in [4.78, 5) is 16.6. The van der Waals surface area contributed by atoms with Gasteiger partial charge >= 0.3 is 0 Å². The summed E-state index contributed by atoms with van der Waals surface area (Å²) in [5.41, 5.74) is 2.33. The van der Waals surface area contributed by atoms with E-state index in [1.54, 1.807) is 0 Å². The fraction of sp³-hybridized carbons (Fsp3) is 0.562. The number of piperazine rings is 1. The number of halogens is 1. The van der Waals surface area contributed by atoms with Crippen molar-refractivity contribution in [1.29, 1.82) is 0 Å². The highest BCUT2D eigenvalue weighted by atomic mass is 35.5. The van der Waals surface area contributed by atoms with E-state index in [9.17, 15) is 4.79 Å². The SMILES string of the molecule is Cc1c(Cl)cccc1N1CCN(C(=O)C2CCC2)CC1. The number of nitrogens with zero attached hydrogens (tertiary/aromatic N) is 2. The number of amides is 1. The van der Waals surface area contributed by atoms with Crippen LogP contribution in [0.25, 0.3) is 0 Å². The normalized spacial score (nSPS) is 19.9. The Labute approximate surface area is 125 Å². The van der Waals surface area contributed by atoms with E-state index in [1.807, 2.05) is 17.0 Å². The zero-order valence-electron chi connectivity index (χ0n) is 11.9. The molecule has 2 aliphatic rings. The van der Waals surface area contributed by atoms with Crippen LogP contribution in [0, 0.1) is 12.8 Å². The lowest BCUT2D eigenvalue weighted by atomic mass is 9.84. The van der Waals surface area contributed by atoms with E-state index in [4.69, 9.17) is 11.6 Å². The van der Waals surface area contributed by atoms with E-state index < -0.39 is 0 Å².